The van der Waals surface area contributed by atoms with E-state index in [2.05, 4.69) is 12.2 Å². The molecule has 0 saturated heterocycles. The van der Waals surface area contributed by atoms with Crippen molar-refractivity contribution in [3.05, 3.63) is 12.2 Å². The van der Waals surface area contributed by atoms with Crippen LogP contribution in [0.3, 0.4) is 0 Å². The predicted molar refractivity (Wildman–Crippen MR) is 68.6 cm³/mol. The Bertz CT molecular complexity index is 229. The minimum atomic E-state index is -0.822. The van der Waals surface area contributed by atoms with Gasteiger partial charge >= 0.3 is 0 Å². The third-order valence-electron chi connectivity index (χ3n) is 2.58. The van der Waals surface area contributed by atoms with Gasteiger partial charge in [-0.25, -0.2) is 0 Å². The SMILES string of the molecule is CCCCC/C=C/C(O)C(CO)NC(=O)CC. The van der Waals surface area contributed by atoms with Crippen LogP contribution in [0.2, 0.25) is 0 Å². The number of nitrogens with one attached hydrogen (secondary N) is 1. The number of aliphatic hydroxyl groups excluding tert-OH is 2. The second kappa shape index (κ2) is 10.3. The molecule has 0 fully saturated rings. The third kappa shape index (κ3) is 7.94. The summed E-state index contributed by atoms with van der Waals surface area (Å²) in [7, 11) is 0. The van der Waals surface area contributed by atoms with E-state index in [-0.39, 0.29) is 12.5 Å². The number of carbonyl (C=O) groups is 1. The summed E-state index contributed by atoms with van der Waals surface area (Å²) in [6.45, 7) is 3.61. The Morgan fingerprint density at radius 1 is 1.35 bits per heavy atom. The van der Waals surface area contributed by atoms with Gasteiger partial charge in [-0.15, -0.1) is 0 Å². The molecule has 0 aliphatic carbocycles. The van der Waals surface area contributed by atoms with Gasteiger partial charge in [0.05, 0.1) is 18.8 Å². The molecule has 0 heterocycles. The maximum absolute atomic E-state index is 11.1. The summed E-state index contributed by atoms with van der Waals surface area (Å²) >= 11 is 0. The Morgan fingerprint density at radius 3 is 2.59 bits per heavy atom. The molecule has 0 aliphatic rings. The fraction of sp³-hybridized carbons (Fsp3) is 0.769. The van der Waals surface area contributed by atoms with E-state index in [1.54, 1.807) is 13.0 Å². The van der Waals surface area contributed by atoms with E-state index in [1.807, 2.05) is 6.08 Å². The summed E-state index contributed by atoms with van der Waals surface area (Å²) in [6.07, 6.45) is 7.45. The number of carbonyl (C=O) groups excluding carboxylic acids is 1. The van der Waals surface area contributed by atoms with E-state index >= 15 is 0 Å². The van der Waals surface area contributed by atoms with E-state index < -0.39 is 12.1 Å². The highest BCUT2D eigenvalue weighted by molar-refractivity contribution is 5.75. The average molecular weight is 243 g/mol. The molecule has 0 aromatic heterocycles. The first-order chi connectivity index (χ1) is 8.15. The zero-order valence-corrected chi connectivity index (χ0v) is 10.9. The summed E-state index contributed by atoms with van der Waals surface area (Å²) in [4.78, 5) is 11.1. The summed E-state index contributed by atoms with van der Waals surface area (Å²) < 4.78 is 0. The Kier molecular flexibility index (Phi) is 9.77. The molecule has 4 heteroatoms. The van der Waals surface area contributed by atoms with Gasteiger partial charge in [0.2, 0.25) is 5.91 Å². The number of hydrogen-bond acceptors (Lipinski definition) is 3. The summed E-state index contributed by atoms with van der Waals surface area (Å²) in [6, 6.07) is -0.607. The molecule has 0 aromatic rings. The molecule has 100 valence electrons. The van der Waals surface area contributed by atoms with Crippen LogP contribution in [0.15, 0.2) is 12.2 Å². The molecule has 0 aromatic carbocycles. The van der Waals surface area contributed by atoms with Crippen molar-refractivity contribution < 1.29 is 15.0 Å². The van der Waals surface area contributed by atoms with Crippen molar-refractivity contribution in [2.24, 2.45) is 0 Å². The molecule has 1 amide bonds. The average Bonchev–Trinajstić information content (AvgIpc) is 2.34. The van der Waals surface area contributed by atoms with Crippen LogP contribution in [0.25, 0.3) is 0 Å². The molecule has 0 aliphatic heterocycles. The first-order valence-electron chi connectivity index (χ1n) is 6.40. The minimum absolute atomic E-state index is 0.164. The molecule has 2 unspecified atom stereocenters. The van der Waals surface area contributed by atoms with Crippen LogP contribution in [0, 0.1) is 0 Å². The van der Waals surface area contributed by atoms with Crippen LogP contribution in [0.4, 0.5) is 0 Å². The summed E-state index contributed by atoms with van der Waals surface area (Å²) in [5.74, 6) is -0.164. The lowest BCUT2D eigenvalue weighted by Crippen LogP contribution is -2.44. The van der Waals surface area contributed by atoms with E-state index in [0.29, 0.717) is 6.42 Å². The van der Waals surface area contributed by atoms with Gasteiger partial charge in [-0.3, -0.25) is 4.79 Å². The maximum Gasteiger partial charge on any atom is 0.220 e. The van der Waals surface area contributed by atoms with Crippen LogP contribution in [0.5, 0.6) is 0 Å². The first kappa shape index (κ1) is 16.1. The highest BCUT2D eigenvalue weighted by Crippen LogP contribution is 2.02. The van der Waals surface area contributed by atoms with Gasteiger partial charge in [0.15, 0.2) is 0 Å². The second-order valence-electron chi connectivity index (χ2n) is 4.12. The molecule has 17 heavy (non-hydrogen) atoms. The third-order valence-corrected chi connectivity index (χ3v) is 2.58. The zero-order chi connectivity index (χ0) is 13.1. The van der Waals surface area contributed by atoms with E-state index in [0.717, 1.165) is 12.8 Å². The summed E-state index contributed by atoms with van der Waals surface area (Å²) in [5, 5.41) is 21.4. The van der Waals surface area contributed by atoms with Crippen molar-refractivity contribution in [1.82, 2.24) is 5.32 Å². The summed E-state index contributed by atoms with van der Waals surface area (Å²) in [5.41, 5.74) is 0. The molecule has 0 rings (SSSR count). The van der Waals surface area contributed by atoms with Crippen molar-refractivity contribution in [2.45, 2.75) is 58.1 Å². The number of amides is 1. The molecular weight excluding hydrogens is 218 g/mol. The van der Waals surface area contributed by atoms with Gasteiger partial charge in [0.1, 0.15) is 0 Å². The topological polar surface area (TPSA) is 69.6 Å². The largest absolute Gasteiger partial charge is 0.394 e. The highest BCUT2D eigenvalue weighted by atomic mass is 16.3. The van der Waals surface area contributed by atoms with Gasteiger partial charge in [-0.05, 0) is 12.8 Å². The van der Waals surface area contributed by atoms with Gasteiger partial charge in [-0.2, -0.15) is 0 Å². The lowest BCUT2D eigenvalue weighted by molar-refractivity contribution is -0.122. The van der Waals surface area contributed by atoms with E-state index in [9.17, 15) is 9.90 Å². The van der Waals surface area contributed by atoms with E-state index in [1.165, 1.54) is 12.8 Å². The number of hydrogen-bond donors (Lipinski definition) is 3. The van der Waals surface area contributed by atoms with Crippen molar-refractivity contribution in [3.8, 4) is 0 Å². The van der Waals surface area contributed by atoms with Gasteiger partial charge in [0.25, 0.3) is 0 Å². The van der Waals surface area contributed by atoms with Crippen LogP contribution >= 0.6 is 0 Å². The molecular formula is C13H25NO3. The highest BCUT2D eigenvalue weighted by Gasteiger charge is 2.16. The number of rotatable bonds is 9. The van der Waals surface area contributed by atoms with Crippen molar-refractivity contribution in [3.63, 3.8) is 0 Å². The zero-order valence-electron chi connectivity index (χ0n) is 10.9. The predicted octanol–water partition coefficient (Wildman–Crippen LogP) is 1.37. The quantitative estimate of drug-likeness (QED) is 0.423. The Morgan fingerprint density at radius 2 is 2.06 bits per heavy atom. The maximum atomic E-state index is 11.1. The molecule has 0 bridgehead atoms. The molecule has 0 saturated carbocycles. The fourth-order valence-electron chi connectivity index (χ4n) is 1.43. The van der Waals surface area contributed by atoms with E-state index in [4.69, 9.17) is 5.11 Å². The fourth-order valence-corrected chi connectivity index (χ4v) is 1.43. The minimum Gasteiger partial charge on any atom is -0.394 e. The molecule has 2 atom stereocenters. The number of allylic oxidation sites excluding steroid dienone is 1. The molecule has 0 spiro atoms. The van der Waals surface area contributed by atoms with Gasteiger partial charge in [0, 0.05) is 6.42 Å². The Balaban J connectivity index is 3.97. The lowest BCUT2D eigenvalue weighted by atomic mass is 10.1. The second-order valence-corrected chi connectivity index (χ2v) is 4.12. The normalized spacial score (nSPS) is 14.8. The van der Waals surface area contributed by atoms with Crippen LogP contribution in [0.1, 0.15) is 46.0 Å². The van der Waals surface area contributed by atoms with Crippen molar-refractivity contribution >= 4 is 5.91 Å². The van der Waals surface area contributed by atoms with Gasteiger partial charge in [-0.1, -0.05) is 38.8 Å². The van der Waals surface area contributed by atoms with Gasteiger partial charge < -0.3 is 15.5 Å². The smallest absolute Gasteiger partial charge is 0.220 e. The number of aliphatic hydroxyl groups is 2. The van der Waals surface area contributed by atoms with Crippen LogP contribution in [-0.2, 0) is 4.79 Å². The standard InChI is InChI=1S/C13H25NO3/c1-3-5-6-7-8-9-12(16)11(10-15)14-13(17)4-2/h8-9,11-12,15-16H,3-7,10H2,1-2H3,(H,14,17)/b9-8+. The monoisotopic (exact) mass is 243 g/mol. The van der Waals surface area contributed by atoms with Crippen LogP contribution in [-0.4, -0.2) is 34.9 Å². The van der Waals surface area contributed by atoms with Crippen molar-refractivity contribution in [1.29, 1.82) is 0 Å². The first-order valence-corrected chi connectivity index (χ1v) is 6.40. The molecule has 0 radical (unpaired) electrons. The Hall–Kier alpha value is -0.870. The lowest BCUT2D eigenvalue weighted by Gasteiger charge is -2.19. The van der Waals surface area contributed by atoms with Crippen LogP contribution < -0.4 is 5.32 Å². The number of unbranched alkanes of at least 4 members (excludes halogenated alkanes) is 3. The van der Waals surface area contributed by atoms with Crippen molar-refractivity contribution in [2.75, 3.05) is 6.61 Å². The molecule has 4 nitrogen and oxygen atoms in total. The Labute approximate surface area is 104 Å². The molecule has 3 N–H and O–H groups in total.